The summed E-state index contributed by atoms with van der Waals surface area (Å²) in [6, 6.07) is 6.76. The fourth-order valence-electron chi connectivity index (χ4n) is 3.33. The van der Waals surface area contributed by atoms with Crippen LogP contribution in [0, 0.1) is 0 Å². The van der Waals surface area contributed by atoms with Crippen LogP contribution in [0.2, 0.25) is 0 Å². The Balaban J connectivity index is 2.43. The molecule has 0 radical (unpaired) electrons. The summed E-state index contributed by atoms with van der Waals surface area (Å²) in [5.41, 5.74) is 8.60. The molecule has 1 aliphatic rings. The first kappa shape index (κ1) is 16.1. The topological polar surface area (TPSA) is 41.7 Å². The summed E-state index contributed by atoms with van der Waals surface area (Å²) in [6.45, 7) is 7.64. The summed E-state index contributed by atoms with van der Waals surface area (Å²) in [4.78, 5) is 4.96. The van der Waals surface area contributed by atoms with E-state index in [-0.39, 0.29) is 6.04 Å². The molecule has 0 aliphatic carbocycles. The van der Waals surface area contributed by atoms with E-state index in [2.05, 4.69) is 35.9 Å². The Morgan fingerprint density at radius 2 is 2.14 bits per heavy atom. The van der Waals surface area contributed by atoms with Crippen LogP contribution in [-0.2, 0) is 0 Å². The molecule has 21 heavy (non-hydrogen) atoms. The van der Waals surface area contributed by atoms with E-state index in [1.807, 2.05) is 13.0 Å². The highest BCUT2D eigenvalue weighted by atomic mass is 16.5. The van der Waals surface area contributed by atoms with Crippen molar-refractivity contribution in [2.45, 2.75) is 38.8 Å². The first-order valence-electron chi connectivity index (χ1n) is 7.96. The van der Waals surface area contributed by atoms with Crippen molar-refractivity contribution in [3.05, 3.63) is 23.8 Å². The molecule has 1 aromatic carbocycles. The van der Waals surface area contributed by atoms with Crippen LogP contribution in [0.4, 0.5) is 5.69 Å². The molecule has 0 spiro atoms. The molecule has 2 N–H and O–H groups in total. The maximum Gasteiger partial charge on any atom is 0.125 e. The minimum absolute atomic E-state index is 0.0327. The summed E-state index contributed by atoms with van der Waals surface area (Å²) in [7, 11) is 3.93. The van der Waals surface area contributed by atoms with E-state index in [0.717, 1.165) is 37.4 Å². The number of anilines is 1. The van der Waals surface area contributed by atoms with Crippen LogP contribution >= 0.6 is 0 Å². The van der Waals surface area contributed by atoms with Gasteiger partial charge < -0.3 is 20.3 Å². The highest BCUT2D eigenvalue weighted by Gasteiger charge is 2.26. The molecule has 2 rings (SSSR count). The number of likely N-dealkylation sites (N-methyl/N-ethyl adjacent to an activating group) is 1. The van der Waals surface area contributed by atoms with Gasteiger partial charge in [-0.05, 0) is 45.5 Å². The average Bonchev–Trinajstić information content (AvgIpc) is 2.67. The average molecular weight is 291 g/mol. The van der Waals surface area contributed by atoms with Gasteiger partial charge in [0.05, 0.1) is 7.11 Å². The van der Waals surface area contributed by atoms with Crippen molar-refractivity contribution in [2.24, 2.45) is 5.73 Å². The van der Waals surface area contributed by atoms with Gasteiger partial charge in [-0.15, -0.1) is 0 Å². The molecule has 1 unspecified atom stereocenters. The highest BCUT2D eigenvalue weighted by molar-refractivity contribution is 5.61. The zero-order valence-corrected chi connectivity index (χ0v) is 13.8. The lowest BCUT2D eigenvalue weighted by Crippen LogP contribution is -2.40. The van der Waals surface area contributed by atoms with E-state index in [4.69, 9.17) is 10.5 Å². The smallest absolute Gasteiger partial charge is 0.125 e. The van der Waals surface area contributed by atoms with Crippen molar-refractivity contribution in [3.8, 4) is 5.75 Å². The molecular formula is C17H29N3O. The molecule has 118 valence electrons. The van der Waals surface area contributed by atoms with E-state index in [0.29, 0.717) is 6.04 Å². The van der Waals surface area contributed by atoms with Gasteiger partial charge in [-0.3, -0.25) is 0 Å². The number of hydrogen-bond acceptors (Lipinski definition) is 4. The van der Waals surface area contributed by atoms with Crippen molar-refractivity contribution in [1.29, 1.82) is 0 Å². The molecule has 4 nitrogen and oxygen atoms in total. The molecule has 1 aliphatic heterocycles. The van der Waals surface area contributed by atoms with Gasteiger partial charge in [0.1, 0.15) is 5.75 Å². The van der Waals surface area contributed by atoms with Gasteiger partial charge in [0.25, 0.3) is 0 Å². The van der Waals surface area contributed by atoms with Crippen LogP contribution in [0.5, 0.6) is 5.75 Å². The quantitative estimate of drug-likeness (QED) is 0.926. The Hall–Kier alpha value is -1.26. The number of nitrogens with two attached hydrogens (primary N) is 1. The SMILES string of the molecule is CCC1CN(C)CCCN1c1cccc(OC)c1[C@H](C)N. The minimum atomic E-state index is -0.0327. The van der Waals surface area contributed by atoms with Gasteiger partial charge in [-0.25, -0.2) is 0 Å². The molecule has 4 heteroatoms. The second kappa shape index (κ2) is 7.14. The number of hydrogen-bond donors (Lipinski definition) is 1. The Bertz CT molecular complexity index is 461. The van der Waals surface area contributed by atoms with E-state index in [9.17, 15) is 0 Å². The Morgan fingerprint density at radius 3 is 2.76 bits per heavy atom. The standard InChI is InChI=1S/C17H29N3O/c1-5-14-12-19(3)10-7-11-20(14)15-8-6-9-16(21-4)17(15)13(2)18/h6,8-9,13-14H,5,7,10-12,18H2,1-4H3/t13-,14?/m0/s1. The van der Waals surface area contributed by atoms with Crippen LogP contribution in [-0.4, -0.2) is 44.7 Å². The number of rotatable bonds is 4. The Kier molecular flexibility index (Phi) is 5.48. The lowest BCUT2D eigenvalue weighted by atomic mass is 10.0. The molecule has 0 aromatic heterocycles. The summed E-state index contributed by atoms with van der Waals surface area (Å²) in [5, 5.41) is 0. The van der Waals surface area contributed by atoms with Gasteiger partial charge in [0.2, 0.25) is 0 Å². The van der Waals surface area contributed by atoms with Gasteiger partial charge in [-0.1, -0.05) is 13.0 Å². The van der Waals surface area contributed by atoms with Crippen LogP contribution in [0.1, 0.15) is 38.3 Å². The summed E-state index contributed by atoms with van der Waals surface area (Å²) >= 11 is 0. The Morgan fingerprint density at radius 1 is 1.38 bits per heavy atom. The van der Waals surface area contributed by atoms with Crippen LogP contribution in [0.15, 0.2) is 18.2 Å². The van der Waals surface area contributed by atoms with Gasteiger partial charge in [-0.2, -0.15) is 0 Å². The molecule has 0 bridgehead atoms. The lowest BCUT2D eigenvalue weighted by molar-refractivity contribution is 0.328. The van der Waals surface area contributed by atoms with Crippen molar-refractivity contribution in [1.82, 2.24) is 4.90 Å². The predicted octanol–water partition coefficient (Wildman–Crippen LogP) is 2.64. The van der Waals surface area contributed by atoms with Gasteiger partial charge in [0.15, 0.2) is 0 Å². The molecule has 1 saturated heterocycles. The van der Waals surface area contributed by atoms with Crippen molar-refractivity contribution in [3.63, 3.8) is 0 Å². The first-order chi connectivity index (χ1) is 10.1. The predicted molar refractivity (Wildman–Crippen MR) is 89.1 cm³/mol. The fourth-order valence-corrected chi connectivity index (χ4v) is 3.33. The minimum Gasteiger partial charge on any atom is -0.496 e. The summed E-state index contributed by atoms with van der Waals surface area (Å²) in [5.74, 6) is 0.898. The van der Waals surface area contributed by atoms with Crippen LogP contribution in [0.3, 0.4) is 0 Å². The zero-order valence-electron chi connectivity index (χ0n) is 13.8. The number of methoxy groups -OCH3 is 1. The lowest BCUT2D eigenvalue weighted by Gasteiger charge is -2.35. The van der Waals surface area contributed by atoms with E-state index in [1.165, 1.54) is 12.1 Å². The third-order valence-electron chi connectivity index (χ3n) is 4.40. The number of nitrogens with zero attached hydrogens (tertiary/aromatic N) is 2. The molecule has 0 amide bonds. The molecule has 1 fully saturated rings. The molecule has 1 aromatic rings. The van der Waals surface area contributed by atoms with Gasteiger partial charge in [0, 0.05) is 36.4 Å². The van der Waals surface area contributed by atoms with Gasteiger partial charge >= 0.3 is 0 Å². The monoisotopic (exact) mass is 291 g/mol. The van der Waals surface area contributed by atoms with E-state index in [1.54, 1.807) is 7.11 Å². The molecule has 0 saturated carbocycles. The second-order valence-corrected chi connectivity index (χ2v) is 6.05. The Labute approximate surface area is 128 Å². The summed E-state index contributed by atoms with van der Waals surface area (Å²) < 4.78 is 5.54. The molecule has 2 atom stereocenters. The van der Waals surface area contributed by atoms with Crippen molar-refractivity contribution in [2.75, 3.05) is 38.7 Å². The third kappa shape index (κ3) is 3.50. The van der Waals surface area contributed by atoms with E-state index >= 15 is 0 Å². The number of ether oxygens (including phenoxy) is 1. The fraction of sp³-hybridized carbons (Fsp3) is 0.647. The first-order valence-corrected chi connectivity index (χ1v) is 7.96. The molecular weight excluding hydrogens is 262 g/mol. The van der Waals surface area contributed by atoms with Crippen LogP contribution < -0.4 is 15.4 Å². The highest BCUT2D eigenvalue weighted by Crippen LogP contribution is 2.35. The third-order valence-corrected chi connectivity index (χ3v) is 4.40. The zero-order chi connectivity index (χ0) is 15.4. The molecule has 1 heterocycles. The maximum absolute atomic E-state index is 6.23. The van der Waals surface area contributed by atoms with Crippen LogP contribution in [0.25, 0.3) is 0 Å². The summed E-state index contributed by atoms with van der Waals surface area (Å²) in [6.07, 6.45) is 2.32. The normalized spacial score (nSPS) is 22.0. The largest absolute Gasteiger partial charge is 0.496 e. The maximum atomic E-state index is 6.23. The second-order valence-electron chi connectivity index (χ2n) is 6.05. The van der Waals surface area contributed by atoms with E-state index < -0.39 is 0 Å². The number of benzene rings is 1. The van der Waals surface area contributed by atoms with Crippen molar-refractivity contribution < 1.29 is 4.74 Å². The van der Waals surface area contributed by atoms with Crippen molar-refractivity contribution >= 4 is 5.69 Å².